The lowest BCUT2D eigenvalue weighted by Crippen LogP contribution is -2.26. The number of hydrogen-bond donors (Lipinski definition) is 0. The van der Waals surface area contributed by atoms with Crippen molar-refractivity contribution in [2.75, 3.05) is 0 Å². The molecule has 10 rings (SSSR count). The maximum absolute atomic E-state index is 5.29. The van der Waals surface area contributed by atoms with Gasteiger partial charge in [-0.25, -0.2) is 9.98 Å². The fraction of sp³-hybridized carbons (Fsp3) is 0.0196. The summed E-state index contributed by atoms with van der Waals surface area (Å²) in [4.78, 5) is 10.6. The average molecular weight is 675 g/mol. The number of para-hydroxylation sites is 2. The second-order valence-electron chi connectivity index (χ2n) is 13.7. The molecule has 0 bridgehead atoms. The molecule has 0 amide bonds. The first-order chi connectivity index (χ1) is 26.3. The van der Waals surface area contributed by atoms with Gasteiger partial charge < -0.3 is 0 Å². The predicted octanol–water partition coefficient (Wildman–Crippen LogP) is 12.4. The van der Waals surface area contributed by atoms with Crippen LogP contribution < -0.4 is 0 Å². The van der Waals surface area contributed by atoms with Gasteiger partial charge in [-0.15, -0.1) is 0 Å². The van der Waals surface area contributed by atoms with Crippen molar-refractivity contribution in [2.45, 2.75) is 5.41 Å². The normalized spacial score (nSPS) is 15.5. The van der Waals surface area contributed by atoms with E-state index in [1.165, 1.54) is 44.5 Å². The number of nitrogens with zero attached hydrogens (tertiary/aromatic N) is 2. The van der Waals surface area contributed by atoms with E-state index < -0.39 is 5.41 Å². The van der Waals surface area contributed by atoms with Crippen LogP contribution in [-0.4, -0.2) is 11.4 Å². The highest BCUT2D eigenvalue weighted by atomic mass is 14.8. The molecule has 0 atom stereocenters. The Kier molecular flexibility index (Phi) is 7.40. The van der Waals surface area contributed by atoms with E-state index in [4.69, 9.17) is 9.98 Å². The number of hydrogen-bond acceptors (Lipinski definition) is 2. The quantitative estimate of drug-likeness (QED) is 0.157. The maximum atomic E-state index is 5.29. The molecule has 2 aliphatic carbocycles. The molecular weight excluding hydrogens is 641 g/mol. The lowest BCUT2D eigenvalue weighted by atomic mass is 9.70. The van der Waals surface area contributed by atoms with Crippen LogP contribution in [-0.2, 0) is 5.41 Å². The summed E-state index contributed by atoms with van der Waals surface area (Å²) in [7, 11) is 0. The summed E-state index contributed by atoms with van der Waals surface area (Å²) in [5, 5.41) is 0. The molecule has 0 heterocycles. The molecule has 53 heavy (non-hydrogen) atoms. The van der Waals surface area contributed by atoms with Gasteiger partial charge in [0.1, 0.15) is 0 Å². The van der Waals surface area contributed by atoms with Gasteiger partial charge in [-0.1, -0.05) is 170 Å². The summed E-state index contributed by atoms with van der Waals surface area (Å²) in [6.45, 7) is 0. The lowest BCUT2D eigenvalue weighted by molar-refractivity contribution is 0.793. The second kappa shape index (κ2) is 12.7. The van der Waals surface area contributed by atoms with Crippen LogP contribution in [0.25, 0.3) is 22.3 Å². The van der Waals surface area contributed by atoms with Crippen LogP contribution in [0.4, 0.5) is 11.4 Å². The third-order valence-corrected chi connectivity index (χ3v) is 10.7. The Labute approximate surface area is 310 Å². The van der Waals surface area contributed by atoms with Crippen molar-refractivity contribution in [1.82, 2.24) is 0 Å². The second-order valence-corrected chi connectivity index (χ2v) is 13.7. The molecule has 2 heteroatoms. The van der Waals surface area contributed by atoms with E-state index in [2.05, 4.69) is 170 Å². The predicted molar refractivity (Wildman–Crippen MR) is 219 cm³/mol. The average Bonchev–Trinajstić information content (AvgIpc) is 3.70. The molecule has 0 N–H and O–H groups in total. The van der Waals surface area contributed by atoms with E-state index in [1.807, 2.05) is 36.4 Å². The topological polar surface area (TPSA) is 24.7 Å². The van der Waals surface area contributed by atoms with E-state index in [0.717, 1.165) is 45.1 Å². The number of rotatable bonds is 6. The van der Waals surface area contributed by atoms with E-state index in [-0.39, 0.29) is 0 Å². The van der Waals surface area contributed by atoms with Crippen molar-refractivity contribution in [1.29, 1.82) is 0 Å². The Morgan fingerprint density at radius 1 is 0.283 bits per heavy atom. The monoisotopic (exact) mass is 674 g/mol. The summed E-state index contributed by atoms with van der Waals surface area (Å²) >= 11 is 0. The molecular formula is C51H34N2. The van der Waals surface area contributed by atoms with Crippen molar-refractivity contribution in [2.24, 2.45) is 9.98 Å². The molecule has 0 radical (unpaired) electrons. The Morgan fingerprint density at radius 3 is 1.04 bits per heavy atom. The van der Waals surface area contributed by atoms with Crippen LogP contribution >= 0.6 is 0 Å². The molecule has 0 aliphatic heterocycles. The van der Waals surface area contributed by atoms with E-state index >= 15 is 0 Å². The summed E-state index contributed by atoms with van der Waals surface area (Å²) < 4.78 is 0. The SMILES string of the molecule is c1ccc(N=C(c2ccccc2)c2ccc3c(c2)C2(c4ccccc4-3)c3ccccc3-c3ccc(C(=Nc4ccccc4)c4ccccc4)cc32)cc1. The summed E-state index contributed by atoms with van der Waals surface area (Å²) in [5.74, 6) is 0. The molecule has 248 valence electrons. The maximum Gasteiger partial charge on any atom is 0.0781 e. The smallest absolute Gasteiger partial charge is 0.0781 e. The van der Waals surface area contributed by atoms with Gasteiger partial charge in [-0.3, -0.25) is 0 Å². The molecule has 8 aromatic carbocycles. The summed E-state index contributed by atoms with van der Waals surface area (Å²) in [6.07, 6.45) is 0. The van der Waals surface area contributed by atoms with Crippen LogP contribution in [0, 0.1) is 0 Å². The fourth-order valence-corrected chi connectivity index (χ4v) is 8.48. The Balaban J connectivity index is 1.25. The third-order valence-electron chi connectivity index (χ3n) is 10.7. The minimum atomic E-state index is -0.535. The van der Waals surface area contributed by atoms with Gasteiger partial charge in [-0.05, 0) is 80.9 Å². The van der Waals surface area contributed by atoms with Crippen LogP contribution in [0.1, 0.15) is 44.5 Å². The van der Waals surface area contributed by atoms with Gasteiger partial charge in [0.15, 0.2) is 0 Å². The molecule has 1 spiro atoms. The van der Waals surface area contributed by atoms with Gasteiger partial charge in [0.05, 0.1) is 28.2 Å². The molecule has 2 nitrogen and oxygen atoms in total. The van der Waals surface area contributed by atoms with E-state index in [0.29, 0.717) is 0 Å². The van der Waals surface area contributed by atoms with Crippen LogP contribution in [0.3, 0.4) is 0 Å². The Bertz CT molecular complexity index is 2500. The Hall–Kier alpha value is -6.90. The zero-order chi connectivity index (χ0) is 35.2. The van der Waals surface area contributed by atoms with Crippen molar-refractivity contribution < 1.29 is 0 Å². The molecule has 0 unspecified atom stereocenters. The molecule has 0 saturated heterocycles. The molecule has 0 aromatic heterocycles. The number of benzene rings is 8. The molecule has 0 fully saturated rings. The van der Waals surface area contributed by atoms with Crippen molar-refractivity contribution in [3.63, 3.8) is 0 Å². The molecule has 0 saturated carbocycles. The fourth-order valence-electron chi connectivity index (χ4n) is 8.48. The summed E-state index contributed by atoms with van der Waals surface area (Å²) in [5.41, 5.74) is 17.8. The number of aliphatic imine (C=N–C) groups is 2. The van der Waals surface area contributed by atoms with Gasteiger partial charge in [0.25, 0.3) is 0 Å². The van der Waals surface area contributed by atoms with Crippen molar-refractivity contribution in [3.8, 4) is 22.3 Å². The zero-order valence-electron chi connectivity index (χ0n) is 29.0. The molecule has 2 aliphatic rings. The van der Waals surface area contributed by atoms with Crippen LogP contribution in [0.2, 0.25) is 0 Å². The third kappa shape index (κ3) is 5.03. The largest absolute Gasteiger partial charge is 0.248 e. The summed E-state index contributed by atoms with van der Waals surface area (Å²) in [6, 6.07) is 73.6. The van der Waals surface area contributed by atoms with Crippen LogP contribution in [0.5, 0.6) is 0 Å². The first-order valence-electron chi connectivity index (χ1n) is 18.2. The minimum absolute atomic E-state index is 0.535. The first-order valence-corrected chi connectivity index (χ1v) is 18.2. The zero-order valence-corrected chi connectivity index (χ0v) is 29.0. The van der Waals surface area contributed by atoms with Crippen molar-refractivity contribution in [3.05, 3.63) is 251 Å². The van der Waals surface area contributed by atoms with Crippen molar-refractivity contribution >= 4 is 22.8 Å². The highest BCUT2D eigenvalue weighted by Crippen LogP contribution is 2.63. The van der Waals surface area contributed by atoms with Crippen LogP contribution in [0.15, 0.2) is 216 Å². The highest BCUT2D eigenvalue weighted by Gasteiger charge is 2.51. The lowest BCUT2D eigenvalue weighted by Gasteiger charge is -2.31. The standard InChI is InChI=1S/C51H34N2/c1-5-17-35(18-6-1)49(52-39-21-9-3-10-22-39)37-29-31-43-41-25-13-15-27-45(41)51(47(43)33-37)46-28-16-14-26-42(46)44-32-30-38(34-48(44)51)50(36-19-7-2-8-20-36)53-40-23-11-4-12-24-40/h1-34H. The minimum Gasteiger partial charge on any atom is -0.248 e. The van der Waals surface area contributed by atoms with Gasteiger partial charge in [-0.2, -0.15) is 0 Å². The first kappa shape index (κ1) is 30.9. The van der Waals surface area contributed by atoms with Gasteiger partial charge >= 0.3 is 0 Å². The van der Waals surface area contributed by atoms with E-state index in [9.17, 15) is 0 Å². The van der Waals surface area contributed by atoms with Gasteiger partial charge in [0, 0.05) is 22.3 Å². The highest BCUT2D eigenvalue weighted by molar-refractivity contribution is 6.16. The Morgan fingerprint density at radius 2 is 0.623 bits per heavy atom. The number of fused-ring (bicyclic) bond motifs is 10. The van der Waals surface area contributed by atoms with E-state index in [1.54, 1.807) is 0 Å². The van der Waals surface area contributed by atoms with Gasteiger partial charge in [0.2, 0.25) is 0 Å². The molecule has 8 aromatic rings.